The molecule has 5 rings (SSSR count). The second-order valence-electron chi connectivity index (χ2n) is 8.52. The molecule has 0 spiro atoms. The summed E-state index contributed by atoms with van der Waals surface area (Å²) in [5.74, 6) is 0.857. The van der Waals surface area contributed by atoms with Crippen LogP contribution in [0.1, 0.15) is 49.4 Å². The summed E-state index contributed by atoms with van der Waals surface area (Å²) in [4.78, 5) is 12.1. The first-order valence-corrected chi connectivity index (χ1v) is 12.0. The van der Waals surface area contributed by atoms with Crippen molar-refractivity contribution in [1.29, 1.82) is 0 Å². The second kappa shape index (κ2) is 6.26. The predicted molar refractivity (Wildman–Crippen MR) is 110 cm³/mol. The highest BCUT2D eigenvalue weighted by Crippen LogP contribution is 2.46. The molecule has 7 heteroatoms. The Labute approximate surface area is 166 Å². The Kier molecular flexibility index (Phi) is 4.04. The van der Waals surface area contributed by atoms with Crippen molar-refractivity contribution in [3.05, 3.63) is 41.1 Å². The highest BCUT2D eigenvalue weighted by Gasteiger charge is 2.46. The molecule has 1 saturated heterocycles. The smallest absolute Gasteiger partial charge is 0.226 e. The third-order valence-electron chi connectivity index (χ3n) is 6.34. The van der Waals surface area contributed by atoms with Crippen LogP contribution in [0.4, 0.5) is 5.95 Å². The van der Waals surface area contributed by atoms with Gasteiger partial charge < -0.3 is 4.90 Å². The molecule has 1 atom stereocenters. The number of fused-ring (bicyclic) bond motifs is 1. The summed E-state index contributed by atoms with van der Waals surface area (Å²) in [6.45, 7) is 3.25. The van der Waals surface area contributed by atoms with Crippen molar-refractivity contribution in [3.63, 3.8) is 0 Å². The standard InChI is InChI=1S/C21H26N4O2S/c1-14-10-13-25(14)20-22-18-5-3-4-17(18)19(23-20)15-6-8-16(9-7-15)21(11-12-21)24-28(2,26)27/h6-9,14,24H,3-5,10-13H2,1-2H3/t14-/m0/s1. The number of hydrogen-bond donors (Lipinski definition) is 1. The molecule has 0 radical (unpaired) electrons. The van der Waals surface area contributed by atoms with Gasteiger partial charge in [0.15, 0.2) is 0 Å². The van der Waals surface area contributed by atoms with E-state index < -0.39 is 15.6 Å². The van der Waals surface area contributed by atoms with E-state index in [1.165, 1.54) is 23.9 Å². The van der Waals surface area contributed by atoms with Crippen LogP contribution in [0.5, 0.6) is 0 Å². The number of nitrogens with zero attached hydrogens (tertiary/aromatic N) is 3. The maximum absolute atomic E-state index is 11.7. The fourth-order valence-electron chi connectivity index (χ4n) is 4.48. The molecule has 6 nitrogen and oxygen atoms in total. The molecule has 148 valence electrons. The van der Waals surface area contributed by atoms with Crippen LogP contribution in [0.2, 0.25) is 0 Å². The van der Waals surface area contributed by atoms with Crippen molar-refractivity contribution < 1.29 is 8.42 Å². The number of aromatic nitrogens is 2. The number of sulfonamides is 1. The summed E-state index contributed by atoms with van der Waals surface area (Å²) in [6.07, 6.45) is 7.30. The lowest BCUT2D eigenvalue weighted by molar-refractivity contribution is 0.470. The third kappa shape index (κ3) is 3.10. The summed E-state index contributed by atoms with van der Waals surface area (Å²) < 4.78 is 26.2. The monoisotopic (exact) mass is 398 g/mol. The predicted octanol–water partition coefficient (Wildman–Crippen LogP) is 2.77. The van der Waals surface area contributed by atoms with E-state index in [2.05, 4.69) is 40.8 Å². The quantitative estimate of drug-likeness (QED) is 0.838. The Morgan fingerprint density at radius 2 is 1.89 bits per heavy atom. The van der Waals surface area contributed by atoms with Gasteiger partial charge in [0.1, 0.15) is 0 Å². The average Bonchev–Trinajstić information content (AvgIpc) is 3.24. The van der Waals surface area contributed by atoms with Gasteiger partial charge in [-0.15, -0.1) is 0 Å². The first kappa shape index (κ1) is 18.1. The lowest BCUT2D eigenvalue weighted by Crippen LogP contribution is -2.46. The minimum atomic E-state index is -3.23. The zero-order valence-electron chi connectivity index (χ0n) is 16.4. The topological polar surface area (TPSA) is 75.2 Å². The van der Waals surface area contributed by atoms with E-state index in [1.807, 2.05) is 0 Å². The van der Waals surface area contributed by atoms with Crippen LogP contribution in [-0.4, -0.2) is 37.2 Å². The van der Waals surface area contributed by atoms with Crippen LogP contribution in [-0.2, 0) is 28.4 Å². The van der Waals surface area contributed by atoms with Crippen LogP contribution >= 0.6 is 0 Å². The average molecular weight is 399 g/mol. The number of hydrogen-bond acceptors (Lipinski definition) is 5. The molecule has 2 aliphatic carbocycles. The molecule has 1 N–H and O–H groups in total. The first-order valence-electron chi connectivity index (χ1n) is 10.1. The van der Waals surface area contributed by atoms with Crippen LogP contribution in [0.15, 0.2) is 24.3 Å². The molecule has 2 heterocycles. The van der Waals surface area contributed by atoms with Crippen LogP contribution < -0.4 is 9.62 Å². The minimum absolute atomic E-state index is 0.419. The summed E-state index contributed by atoms with van der Waals surface area (Å²) in [6, 6.07) is 8.78. The lowest BCUT2D eigenvalue weighted by atomic mass is 10.00. The van der Waals surface area contributed by atoms with Crippen molar-refractivity contribution in [2.45, 2.75) is 57.0 Å². The molecule has 1 aliphatic heterocycles. The molecule has 0 unspecified atom stereocenters. The van der Waals surface area contributed by atoms with E-state index in [9.17, 15) is 8.42 Å². The lowest BCUT2D eigenvalue weighted by Gasteiger charge is -2.39. The van der Waals surface area contributed by atoms with E-state index in [0.717, 1.165) is 61.4 Å². The maximum Gasteiger partial charge on any atom is 0.226 e. The van der Waals surface area contributed by atoms with Gasteiger partial charge in [-0.2, -0.15) is 0 Å². The Balaban J connectivity index is 1.50. The van der Waals surface area contributed by atoms with Crippen molar-refractivity contribution >= 4 is 16.0 Å². The Hall–Kier alpha value is -1.99. The number of anilines is 1. The first-order chi connectivity index (χ1) is 13.3. The SMILES string of the molecule is C[C@H]1CCN1c1nc2c(c(-c3ccc(C4(NS(C)(=O)=O)CC4)cc3)n1)CCC2. The zero-order valence-corrected chi connectivity index (χ0v) is 17.2. The summed E-state index contributed by atoms with van der Waals surface area (Å²) in [7, 11) is -3.23. The van der Waals surface area contributed by atoms with Gasteiger partial charge in [0.25, 0.3) is 0 Å². The number of benzene rings is 1. The van der Waals surface area contributed by atoms with E-state index in [4.69, 9.17) is 9.97 Å². The molecular formula is C21H26N4O2S. The normalized spacial score (nSPS) is 22.6. The molecule has 1 aromatic carbocycles. The highest BCUT2D eigenvalue weighted by molar-refractivity contribution is 7.88. The molecular weight excluding hydrogens is 372 g/mol. The second-order valence-corrected chi connectivity index (χ2v) is 10.3. The maximum atomic E-state index is 11.7. The number of nitrogens with one attached hydrogen (secondary N) is 1. The van der Waals surface area contributed by atoms with Crippen LogP contribution in [0.25, 0.3) is 11.3 Å². The van der Waals surface area contributed by atoms with Gasteiger partial charge >= 0.3 is 0 Å². The van der Waals surface area contributed by atoms with Crippen molar-refractivity contribution in [2.75, 3.05) is 17.7 Å². The Morgan fingerprint density at radius 3 is 2.46 bits per heavy atom. The zero-order chi connectivity index (χ0) is 19.5. The summed E-state index contributed by atoms with van der Waals surface area (Å²) in [5.41, 5.74) is 5.22. The third-order valence-corrected chi connectivity index (χ3v) is 7.10. The Bertz CT molecular complexity index is 1030. The van der Waals surface area contributed by atoms with Crippen LogP contribution in [0.3, 0.4) is 0 Å². The van der Waals surface area contributed by atoms with Gasteiger partial charge in [0.05, 0.1) is 17.5 Å². The van der Waals surface area contributed by atoms with Gasteiger partial charge in [0, 0.05) is 29.4 Å². The largest absolute Gasteiger partial charge is 0.338 e. The summed E-state index contributed by atoms with van der Waals surface area (Å²) in [5, 5.41) is 0. The molecule has 2 aromatic rings. The fraction of sp³-hybridized carbons (Fsp3) is 0.524. The van der Waals surface area contributed by atoms with Crippen molar-refractivity contribution in [2.24, 2.45) is 0 Å². The van der Waals surface area contributed by atoms with Gasteiger partial charge in [-0.25, -0.2) is 23.1 Å². The fourth-order valence-corrected chi connectivity index (χ4v) is 5.51. The molecule has 2 fully saturated rings. The van der Waals surface area contributed by atoms with Crippen molar-refractivity contribution in [1.82, 2.24) is 14.7 Å². The van der Waals surface area contributed by atoms with E-state index >= 15 is 0 Å². The molecule has 1 aromatic heterocycles. The van der Waals surface area contributed by atoms with E-state index in [0.29, 0.717) is 6.04 Å². The summed E-state index contributed by atoms with van der Waals surface area (Å²) >= 11 is 0. The van der Waals surface area contributed by atoms with E-state index in [-0.39, 0.29) is 0 Å². The molecule has 28 heavy (non-hydrogen) atoms. The van der Waals surface area contributed by atoms with Gasteiger partial charge in [-0.1, -0.05) is 24.3 Å². The molecule has 0 amide bonds. The molecule has 1 saturated carbocycles. The highest BCUT2D eigenvalue weighted by atomic mass is 32.2. The minimum Gasteiger partial charge on any atom is -0.338 e. The molecule has 3 aliphatic rings. The number of rotatable bonds is 5. The van der Waals surface area contributed by atoms with Gasteiger partial charge in [-0.05, 0) is 51.0 Å². The van der Waals surface area contributed by atoms with Crippen molar-refractivity contribution in [3.8, 4) is 11.3 Å². The van der Waals surface area contributed by atoms with Crippen LogP contribution in [0, 0.1) is 0 Å². The van der Waals surface area contributed by atoms with E-state index in [1.54, 1.807) is 0 Å². The van der Waals surface area contributed by atoms with Gasteiger partial charge in [0.2, 0.25) is 16.0 Å². The Morgan fingerprint density at radius 1 is 1.14 bits per heavy atom. The number of aryl methyl sites for hydroxylation is 1. The molecule has 0 bridgehead atoms. The van der Waals surface area contributed by atoms with Gasteiger partial charge in [-0.3, -0.25) is 0 Å².